The molecule has 0 aliphatic heterocycles. The fraction of sp³-hybridized carbons (Fsp3) is 0.364. The van der Waals surface area contributed by atoms with E-state index in [1.165, 1.54) is 0 Å². The molecule has 0 fully saturated rings. The zero-order valence-corrected chi connectivity index (χ0v) is 11.7. The summed E-state index contributed by atoms with van der Waals surface area (Å²) in [7, 11) is 0. The summed E-state index contributed by atoms with van der Waals surface area (Å²) in [6.07, 6.45) is 5.27. The Labute approximate surface area is 113 Å². The summed E-state index contributed by atoms with van der Waals surface area (Å²) < 4.78 is 2.47. The van der Waals surface area contributed by atoms with E-state index in [4.69, 9.17) is 5.73 Å². The van der Waals surface area contributed by atoms with Crippen molar-refractivity contribution in [3.8, 4) is 0 Å². The Bertz CT molecular complexity index is 580. The number of rotatable bonds is 4. The second-order valence-corrected chi connectivity index (χ2v) is 5.15. The lowest BCUT2D eigenvalue weighted by molar-refractivity contribution is -0.119. The lowest BCUT2D eigenvalue weighted by Gasteiger charge is -2.19. The summed E-state index contributed by atoms with van der Waals surface area (Å²) in [5, 5.41) is 3.05. The molecule has 3 N–H and O–H groups in total. The summed E-state index contributed by atoms with van der Waals surface area (Å²) in [5.74, 6) is 0.196. The van der Waals surface area contributed by atoms with Gasteiger partial charge in [-0.05, 0) is 21.8 Å². The molecule has 0 saturated heterocycles. The molecule has 2 aromatic rings. The summed E-state index contributed by atoms with van der Waals surface area (Å²) in [6, 6.07) is -0.479. The molecule has 7 heteroatoms. The van der Waals surface area contributed by atoms with Gasteiger partial charge < -0.3 is 15.5 Å². The molecular formula is C11H14BrN5O. The van der Waals surface area contributed by atoms with Crippen LogP contribution in [0.25, 0.3) is 5.65 Å². The van der Waals surface area contributed by atoms with Crippen LogP contribution in [0.1, 0.15) is 13.8 Å². The number of fused-ring (bicyclic) bond motifs is 1. The number of nitrogens with two attached hydrogens (primary N) is 1. The smallest absolute Gasteiger partial charge is 0.240 e. The third-order valence-corrected chi connectivity index (χ3v) is 2.99. The number of aromatic nitrogens is 3. The first-order valence-corrected chi connectivity index (χ1v) is 6.33. The molecule has 1 amide bonds. The normalized spacial score (nSPS) is 12.9. The molecule has 0 saturated carbocycles. The van der Waals surface area contributed by atoms with Crippen molar-refractivity contribution in [3.63, 3.8) is 0 Å². The molecule has 0 radical (unpaired) electrons. The molecule has 0 aliphatic carbocycles. The summed E-state index contributed by atoms with van der Waals surface area (Å²) in [6.45, 7) is 3.84. The first-order valence-electron chi connectivity index (χ1n) is 5.54. The predicted octanol–water partition coefficient (Wildman–Crippen LogP) is 1.41. The maximum Gasteiger partial charge on any atom is 0.240 e. The number of hydrogen-bond donors (Lipinski definition) is 2. The van der Waals surface area contributed by atoms with Gasteiger partial charge in [0.25, 0.3) is 0 Å². The van der Waals surface area contributed by atoms with Crippen molar-refractivity contribution in [1.29, 1.82) is 0 Å². The Balaban J connectivity index is 2.41. The Hall–Kier alpha value is -1.63. The van der Waals surface area contributed by atoms with Gasteiger partial charge in [-0.2, -0.15) is 0 Å². The quantitative estimate of drug-likeness (QED) is 0.894. The van der Waals surface area contributed by atoms with Crippen molar-refractivity contribution in [2.75, 3.05) is 5.32 Å². The number of anilines is 1. The van der Waals surface area contributed by atoms with Crippen molar-refractivity contribution in [3.05, 3.63) is 23.2 Å². The Morgan fingerprint density at radius 3 is 2.89 bits per heavy atom. The Kier molecular flexibility index (Phi) is 3.51. The zero-order chi connectivity index (χ0) is 13.3. The minimum absolute atomic E-state index is 0.0679. The van der Waals surface area contributed by atoms with Crippen LogP contribution in [0.4, 0.5) is 5.82 Å². The van der Waals surface area contributed by atoms with E-state index in [0.717, 1.165) is 0 Å². The topological polar surface area (TPSA) is 85.3 Å². The second-order valence-electron chi connectivity index (χ2n) is 4.34. The van der Waals surface area contributed by atoms with E-state index in [0.29, 0.717) is 16.1 Å². The van der Waals surface area contributed by atoms with Crippen molar-refractivity contribution in [1.82, 2.24) is 14.4 Å². The van der Waals surface area contributed by atoms with Crippen LogP contribution < -0.4 is 11.1 Å². The Morgan fingerprint density at radius 1 is 1.56 bits per heavy atom. The van der Waals surface area contributed by atoms with Gasteiger partial charge in [-0.15, -0.1) is 0 Å². The molecule has 1 atom stereocenters. The van der Waals surface area contributed by atoms with Crippen molar-refractivity contribution in [2.24, 2.45) is 11.7 Å². The van der Waals surface area contributed by atoms with E-state index in [-0.39, 0.29) is 5.92 Å². The van der Waals surface area contributed by atoms with Gasteiger partial charge in [-0.1, -0.05) is 13.8 Å². The number of imidazole rings is 1. The molecule has 2 rings (SSSR count). The van der Waals surface area contributed by atoms with Crippen LogP contribution in [-0.2, 0) is 4.79 Å². The fourth-order valence-corrected chi connectivity index (χ4v) is 2.11. The lowest BCUT2D eigenvalue weighted by atomic mass is 10.0. The van der Waals surface area contributed by atoms with Gasteiger partial charge in [-0.25, -0.2) is 9.97 Å². The third kappa shape index (κ3) is 2.45. The highest BCUT2D eigenvalue weighted by molar-refractivity contribution is 9.10. The molecule has 6 nitrogen and oxygen atoms in total. The number of amides is 1. The average Bonchev–Trinajstić information content (AvgIpc) is 2.72. The third-order valence-electron chi connectivity index (χ3n) is 2.61. The predicted molar refractivity (Wildman–Crippen MR) is 72.1 cm³/mol. The van der Waals surface area contributed by atoms with Crippen LogP contribution in [0.3, 0.4) is 0 Å². The molecule has 2 aromatic heterocycles. The summed E-state index contributed by atoms with van der Waals surface area (Å²) in [4.78, 5) is 19.9. The largest absolute Gasteiger partial charge is 0.368 e. The number of primary amides is 1. The number of carbonyl (C=O) groups excluding carboxylic acids is 1. The first-order chi connectivity index (χ1) is 8.49. The molecule has 0 spiro atoms. The van der Waals surface area contributed by atoms with Crippen LogP contribution in [0, 0.1) is 5.92 Å². The fourth-order valence-electron chi connectivity index (χ4n) is 1.71. The average molecular weight is 312 g/mol. The van der Waals surface area contributed by atoms with Gasteiger partial charge in [0.1, 0.15) is 10.6 Å². The van der Waals surface area contributed by atoms with Crippen molar-refractivity contribution in [2.45, 2.75) is 19.9 Å². The van der Waals surface area contributed by atoms with Crippen LogP contribution in [0.15, 0.2) is 23.2 Å². The van der Waals surface area contributed by atoms with Crippen LogP contribution >= 0.6 is 15.9 Å². The highest BCUT2D eigenvalue weighted by atomic mass is 79.9. The lowest BCUT2D eigenvalue weighted by Crippen LogP contribution is -2.39. The van der Waals surface area contributed by atoms with E-state index in [1.54, 1.807) is 12.4 Å². The van der Waals surface area contributed by atoms with Gasteiger partial charge in [0.15, 0.2) is 11.5 Å². The van der Waals surface area contributed by atoms with Gasteiger partial charge in [-0.3, -0.25) is 4.79 Å². The molecule has 0 aromatic carbocycles. The van der Waals surface area contributed by atoms with Gasteiger partial charge >= 0.3 is 0 Å². The molecular weight excluding hydrogens is 298 g/mol. The number of halogens is 1. The maximum atomic E-state index is 11.4. The van der Waals surface area contributed by atoms with E-state index in [2.05, 4.69) is 31.2 Å². The monoisotopic (exact) mass is 311 g/mol. The number of nitrogens with one attached hydrogen (secondary N) is 1. The molecule has 0 bridgehead atoms. The highest BCUT2D eigenvalue weighted by Gasteiger charge is 2.21. The van der Waals surface area contributed by atoms with Crippen molar-refractivity contribution >= 4 is 33.3 Å². The second kappa shape index (κ2) is 4.93. The van der Waals surface area contributed by atoms with E-state index < -0.39 is 11.9 Å². The molecule has 18 heavy (non-hydrogen) atoms. The van der Waals surface area contributed by atoms with Gasteiger partial charge in [0.05, 0.1) is 0 Å². The van der Waals surface area contributed by atoms with Crippen LogP contribution in [-0.4, -0.2) is 26.3 Å². The van der Waals surface area contributed by atoms with Crippen molar-refractivity contribution < 1.29 is 4.79 Å². The van der Waals surface area contributed by atoms with E-state index in [9.17, 15) is 4.79 Å². The van der Waals surface area contributed by atoms with Crippen LogP contribution in [0.5, 0.6) is 0 Å². The van der Waals surface area contributed by atoms with E-state index in [1.807, 2.05) is 24.4 Å². The zero-order valence-electron chi connectivity index (χ0n) is 10.1. The molecule has 96 valence electrons. The first kappa shape index (κ1) is 12.8. The van der Waals surface area contributed by atoms with Crippen LogP contribution in [0.2, 0.25) is 0 Å². The highest BCUT2D eigenvalue weighted by Crippen LogP contribution is 2.19. The number of hydrogen-bond acceptors (Lipinski definition) is 4. The number of nitrogens with zero attached hydrogens (tertiary/aromatic N) is 3. The number of carbonyl (C=O) groups is 1. The summed E-state index contributed by atoms with van der Waals surface area (Å²) >= 11 is 3.32. The molecule has 1 unspecified atom stereocenters. The minimum atomic E-state index is -0.479. The molecule has 2 heterocycles. The maximum absolute atomic E-state index is 11.4. The van der Waals surface area contributed by atoms with Gasteiger partial charge in [0, 0.05) is 18.6 Å². The standard InChI is InChI=1S/C11H14BrN5O/c1-6(2)8(9(13)18)16-10-11-14-3-4-17(11)5-7(12)15-10/h3-6,8H,1-2H3,(H2,13,18)(H,15,16). The summed E-state index contributed by atoms with van der Waals surface area (Å²) in [5.41, 5.74) is 6.03. The van der Waals surface area contributed by atoms with Gasteiger partial charge in [0.2, 0.25) is 5.91 Å². The minimum Gasteiger partial charge on any atom is -0.368 e. The van der Waals surface area contributed by atoms with E-state index >= 15 is 0 Å². The Morgan fingerprint density at radius 2 is 2.28 bits per heavy atom. The molecule has 0 aliphatic rings. The SMILES string of the molecule is CC(C)C(Nc1nc(Br)cn2ccnc12)C(N)=O.